The molecule has 2 aliphatic heterocycles. The molecule has 2 aromatic carbocycles. The van der Waals surface area contributed by atoms with Crippen molar-refractivity contribution < 1.29 is 19.2 Å². The number of esters is 1. The van der Waals surface area contributed by atoms with Crippen LogP contribution in [0.4, 0.5) is 5.69 Å². The molecule has 2 atom stereocenters. The lowest BCUT2D eigenvalue weighted by Gasteiger charge is -2.28. The second-order valence-electron chi connectivity index (χ2n) is 9.42. The third-order valence-electron chi connectivity index (χ3n) is 6.73. The first kappa shape index (κ1) is 28.0. The molecular weight excluding hydrogens is 522 g/mol. The number of aliphatic imine (C=N–C) groups is 1. The number of hydrogen-bond donors (Lipinski definition) is 2. The number of allylic oxidation sites excluding steroid dienone is 1. The molecule has 0 radical (unpaired) electrons. The van der Waals surface area contributed by atoms with Crippen molar-refractivity contribution in [1.82, 2.24) is 5.43 Å². The maximum absolute atomic E-state index is 13.1. The van der Waals surface area contributed by atoms with Crippen molar-refractivity contribution in [2.75, 3.05) is 18.5 Å². The van der Waals surface area contributed by atoms with Crippen molar-refractivity contribution in [2.24, 2.45) is 10.1 Å². The minimum atomic E-state index is -1.21. The number of unbranched alkanes of at least 4 members (excludes halogenated alkanes) is 1. The topological polar surface area (TPSA) is 135 Å². The molecule has 0 aliphatic carbocycles. The van der Waals surface area contributed by atoms with Gasteiger partial charge in [-0.25, -0.2) is 10.2 Å². The first-order valence-electron chi connectivity index (χ1n) is 12.8. The first-order valence-corrected chi connectivity index (χ1v) is 13.1. The molecule has 2 aliphatic rings. The molecule has 0 saturated heterocycles. The summed E-state index contributed by atoms with van der Waals surface area (Å²) in [5.74, 6) is -1.58. The number of amides is 1. The van der Waals surface area contributed by atoms with Crippen molar-refractivity contribution in [3.05, 3.63) is 86.1 Å². The molecular formula is C28H30ClN5O5. The number of hydrogen-bond acceptors (Lipinski definition) is 8. The monoisotopic (exact) mass is 551 g/mol. The van der Waals surface area contributed by atoms with Crippen molar-refractivity contribution in [3.63, 3.8) is 0 Å². The van der Waals surface area contributed by atoms with E-state index in [1.165, 1.54) is 0 Å². The molecule has 39 heavy (non-hydrogen) atoms. The number of benzene rings is 2. The summed E-state index contributed by atoms with van der Waals surface area (Å²) < 4.78 is 5.55. The zero-order chi connectivity index (χ0) is 27.9. The van der Waals surface area contributed by atoms with Gasteiger partial charge in [0, 0.05) is 40.7 Å². The first-order chi connectivity index (χ1) is 18.8. The molecule has 2 unspecified atom stereocenters. The van der Waals surface area contributed by atoms with E-state index in [1.54, 1.807) is 38.1 Å². The van der Waals surface area contributed by atoms with Crippen LogP contribution in [0.15, 0.2) is 69.9 Å². The van der Waals surface area contributed by atoms with Crippen LogP contribution in [0.5, 0.6) is 0 Å². The number of ether oxygens (including phenoxy) is 1. The van der Waals surface area contributed by atoms with Crippen LogP contribution in [-0.4, -0.2) is 47.4 Å². The maximum atomic E-state index is 13.1. The number of carbonyl (C=O) groups excluding carboxylic acids is 2. The fraction of sp³-hybridized carbons (Fsp3) is 0.357. The highest BCUT2D eigenvalue weighted by Gasteiger charge is 2.45. The Morgan fingerprint density at radius 1 is 1.15 bits per heavy atom. The molecule has 0 saturated carbocycles. The van der Waals surface area contributed by atoms with E-state index < -0.39 is 22.9 Å². The van der Waals surface area contributed by atoms with Crippen LogP contribution in [0.25, 0.3) is 0 Å². The second-order valence-corrected chi connectivity index (χ2v) is 9.83. The van der Waals surface area contributed by atoms with Gasteiger partial charge in [0.05, 0.1) is 29.5 Å². The van der Waals surface area contributed by atoms with E-state index in [-0.39, 0.29) is 18.1 Å². The zero-order valence-corrected chi connectivity index (χ0v) is 22.5. The molecule has 0 spiro atoms. The quantitative estimate of drug-likeness (QED) is 0.187. The smallest absolute Gasteiger partial charge is 0.336 e. The summed E-state index contributed by atoms with van der Waals surface area (Å²) in [5, 5.41) is 19.8. The number of nitro groups is 1. The van der Waals surface area contributed by atoms with Gasteiger partial charge in [-0.1, -0.05) is 41.9 Å². The van der Waals surface area contributed by atoms with Gasteiger partial charge >= 0.3 is 5.97 Å². The Morgan fingerprint density at radius 2 is 1.90 bits per heavy atom. The van der Waals surface area contributed by atoms with Gasteiger partial charge in [0.15, 0.2) is 0 Å². The third-order valence-corrected chi connectivity index (χ3v) is 7.08. The number of rotatable bonds is 10. The van der Waals surface area contributed by atoms with E-state index in [0.717, 1.165) is 23.4 Å². The summed E-state index contributed by atoms with van der Waals surface area (Å²) in [6.07, 6.45) is 2.40. The predicted molar refractivity (Wildman–Crippen MR) is 150 cm³/mol. The largest absolute Gasteiger partial charge is 0.462 e. The Labute approximate surface area is 231 Å². The number of halogens is 1. The Morgan fingerprint density at radius 3 is 2.56 bits per heavy atom. The molecule has 0 aromatic heterocycles. The summed E-state index contributed by atoms with van der Waals surface area (Å²) in [6, 6.07) is 13.4. The molecule has 4 rings (SSSR count). The van der Waals surface area contributed by atoms with Crippen LogP contribution in [0.3, 0.4) is 0 Å². The van der Waals surface area contributed by atoms with E-state index in [4.69, 9.17) is 16.3 Å². The highest BCUT2D eigenvalue weighted by Crippen LogP contribution is 2.39. The minimum Gasteiger partial charge on any atom is -0.462 e. The van der Waals surface area contributed by atoms with E-state index >= 15 is 0 Å². The number of carbonyl (C=O) groups is 2. The molecule has 11 heteroatoms. The zero-order valence-electron chi connectivity index (χ0n) is 21.8. The fourth-order valence-corrected chi connectivity index (χ4v) is 5.04. The van der Waals surface area contributed by atoms with Gasteiger partial charge in [0.2, 0.25) is 5.91 Å². The van der Waals surface area contributed by atoms with Gasteiger partial charge < -0.3 is 10.1 Å². The molecule has 10 nitrogen and oxygen atoms in total. The standard InChI is InChI=1S/C28H30ClN5O5/c1-17-25(26(21-7-3-4-8-22(21)29)27(34(37)38)18(2)31-17)28(36)39-16-6-5-15-30-20-11-9-19(10-12-20)23-13-14-24(35)33-32-23/h3-4,7-12,26-27,30H,5-6,13-16H2,1-2H3,(H,33,35). The normalized spacial score (nSPS) is 19.1. The summed E-state index contributed by atoms with van der Waals surface area (Å²) >= 11 is 6.39. The summed E-state index contributed by atoms with van der Waals surface area (Å²) in [7, 11) is 0. The lowest BCUT2D eigenvalue weighted by molar-refractivity contribution is -0.505. The molecule has 204 valence electrons. The number of hydrazone groups is 1. The van der Waals surface area contributed by atoms with Crippen LogP contribution < -0.4 is 10.7 Å². The summed E-state index contributed by atoms with van der Waals surface area (Å²) in [5.41, 5.74) is 6.64. The Bertz CT molecular complexity index is 1350. The highest BCUT2D eigenvalue weighted by atomic mass is 35.5. The van der Waals surface area contributed by atoms with E-state index in [9.17, 15) is 19.7 Å². The second kappa shape index (κ2) is 12.7. The highest BCUT2D eigenvalue weighted by molar-refractivity contribution is 6.31. The molecule has 2 aromatic rings. The van der Waals surface area contributed by atoms with Crippen molar-refractivity contribution in [2.45, 2.75) is 51.5 Å². The van der Waals surface area contributed by atoms with Crippen molar-refractivity contribution in [3.8, 4) is 0 Å². The average molecular weight is 552 g/mol. The van der Waals surface area contributed by atoms with E-state index in [0.29, 0.717) is 47.8 Å². The van der Waals surface area contributed by atoms with Gasteiger partial charge in [-0.15, -0.1) is 0 Å². The van der Waals surface area contributed by atoms with Crippen molar-refractivity contribution in [1.29, 1.82) is 0 Å². The van der Waals surface area contributed by atoms with Crippen LogP contribution in [0.1, 0.15) is 56.6 Å². The molecule has 1 amide bonds. The van der Waals surface area contributed by atoms with Crippen LogP contribution in [0, 0.1) is 10.1 Å². The molecule has 0 bridgehead atoms. The number of anilines is 1. The van der Waals surface area contributed by atoms with E-state index in [2.05, 4.69) is 20.8 Å². The lowest BCUT2D eigenvalue weighted by atomic mass is 9.80. The Kier molecular flexibility index (Phi) is 9.08. The van der Waals surface area contributed by atoms with Gasteiger partial charge in [0.1, 0.15) is 0 Å². The van der Waals surface area contributed by atoms with Gasteiger partial charge in [-0.2, -0.15) is 5.10 Å². The fourth-order valence-electron chi connectivity index (χ4n) is 4.78. The Balaban J connectivity index is 1.31. The van der Waals surface area contributed by atoms with Crippen LogP contribution in [-0.2, 0) is 14.3 Å². The van der Waals surface area contributed by atoms with Crippen LogP contribution >= 0.6 is 11.6 Å². The van der Waals surface area contributed by atoms with Crippen molar-refractivity contribution >= 4 is 40.6 Å². The average Bonchev–Trinajstić information content (AvgIpc) is 2.91. The van der Waals surface area contributed by atoms with Crippen LogP contribution in [0.2, 0.25) is 5.02 Å². The maximum Gasteiger partial charge on any atom is 0.336 e. The van der Waals surface area contributed by atoms with Gasteiger partial charge in [-0.3, -0.25) is 19.9 Å². The summed E-state index contributed by atoms with van der Waals surface area (Å²) in [4.78, 5) is 40.3. The number of nitrogens with one attached hydrogen (secondary N) is 2. The predicted octanol–water partition coefficient (Wildman–Crippen LogP) is 4.87. The Hall–Kier alpha value is -4.05. The van der Waals surface area contributed by atoms with Gasteiger partial charge in [-0.05, 0) is 56.0 Å². The number of nitrogens with zero attached hydrogens (tertiary/aromatic N) is 3. The summed E-state index contributed by atoms with van der Waals surface area (Å²) in [6.45, 7) is 4.09. The molecule has 2 heterocycles. The van der Waals surface area contributed by atoms with Gasteiger partial charge in [0.25, 0.3) is 6.04 Å². The molecule has 2 N–H and O–H groups in total. The third kappa shape index (κ3) is 6.69. The SMILES string of the molecule is CC1=NC(C)=C(C(=O)OCCCCNc2ccc(C3=NNC(=O)CC3)cc2)C(c2ccccc2Cl)C1[N+](=O)[O-]. The molecule has 0 fully saturated rings. The minimum absolute atomic E-state index is 0.0712. The van der Waals surface area contributed by atoms with E-state index in [1.807, 2.05) is 24.3 Å². The lowest BCUT2D eigenvalue weighted by Crippen LogP contribution is -2.40.